The summed E-state index contributed by atoms with van der Waals surface area (Å²) in [5, 5.41) is 0. The van der Waals surface area contributed by atoms with Gasteiger partial charge in [0, 0.05) is 36.9 Å². The first kappa shape index (κ1) is 26.3. The van der Waals surface area contributed by atoms with E-state index in [9.17, 15) is 9.59 Å². The minimum atomic E-state index is -0.197. The van der Waals surface area contributed by atoms with E-state index in [0.29, 0.717) is 30.6 Å². The Hall–Kier alpha value is -2.80. The van der Waals surface area contributed by atoms with Crippen molar-refractivity contribution in [2.45, 2.75) is 78.2 Å². The predicted octanol–water partition coefficient (Wildman–Crippen LogP) is 3.59. The molecule has 2 saturated heterocycles. The van der Waals surface area contributed by atoms with E-state index in [1.807, 2.05) is 18.7 Å². The first-order valence-electron chi connectivity index (χ1n) is 13.3. The largest absolute Gasteiger partial charge is 0.369 e. The van der Waals surface area contributed by atoms with E-state index in [-0.39, 0.29) is 23.1 Å². The molecule has 1 aromatic heterocycles. The van der Waals surface area contributed by atoms with Gasteiger partial charge >= 0.3 is 0 Å². The van der Waals surface area contributed by atoms with Gasteiger partial charge in [0.2, 0.25) is 5.91 Å². The molecule has 0 bridgehead atoms. The Bertz CT molecular complexity index is 1100. The Morgan fingerprint density at radius 2 is 1.64 bits per heavy atom. The fourth-order valence-electron chi connectivity index (χ4n) is 5.51. The van der Waals surface area contributed by atoms with Crippen LogP contribution in [0.5, 0.6) is 0 Å². The molecule has 1 aromatic carbocycles. The van der Waals surface area contributed by atoms with Crippen molar-refractivity contribution in [2.75, 3.05) is 26.2 Å². The van der Waals surface area contributed by atoms with Crippen LogP contribution in [0.15, 0.2) is 24.3 Å². The van der Waals surface area contributed by atoms with Crippen LogP contribution < -0.4 is 5.73 Å². The molecule has 2 aliphatic heterocycles. The van der Waals surface area contributed by atoms with Crippen molar-refractivity contribution in [3.8, 4) is 0 Å². The van der Waals surface area contributed by atoms with Crippen molar-refractivity contribution in [3.05, 3.63) is 58.2 Å². The Labute approximate surface area is 215 Å². The normalized spacial score (nSPS) is 19.6. The monoisotopic (exact) mass is 491 g/mol. The van der Waals surface area contributed by atoms with Gasteiger partial charge in [0.05, 0.1) is 5.92 Å². The lowest BCUT2D eigenvalue weighted by atomic mass is 9.86. The minimum absolute atomic E-state index is 0.00339. The van der Waals surface area contributed by atoms with Crippen LogP contribution >= 0.6 is 0 Å². The summed E-state index contributed by atoms with van der Waals surface area (Å²) in [5.74, 6) is 0.415. The second kappa shape index (κ2) is 10.7. The molecular weight excluding hydrogens is 450 g/mol. The fourth-order valence-corrected chi connectivity index (χ4v) is 5.51. The van der Waals surface area contributed by atoms with Crippen molar-refractivity contribution in [1.29, 1.82) is 0 Å². The Morgan fingerprint density at radius 3 is 2.22 bits per heavy atom. The first-order chi connectivity index (χ1) is 17.0. The number of carbonyl (C=O) groups excluding carboxylic acids is 2. The zero-order valence-electron chi connectivity index (χ0n) is 22.5. The number of amides is 2. The van der Waals surface area contributed by atoms with Crippen LogP contribution in [0.25, 0.3) is 0 Å². The molecule has 2 aromatic rings. The van der Waals surface area contributed by atoms with Crippen molar-refractivity contribution in [3.63, 3.8) is 0 Å². The molecule has 0 saturated carbocycles. The number of likely N-dealkylation sites (tertiary alicyclic amines) is 2. The Morgan fingerprint density at radius 1 is 0.972 bits per heavy atom. The molecule has 2 aliphatic rings. The van der Waals surface area contributed by atoms with Crippen LogP contribution in [0.2, 0.25) is 0 Å². The van der Waals surface area contributed by atoms with Gasteiger partial charge in [-0.1, -0.05) is 45.0 Å². The molecule has 36 heavy (non-hydrogen) atoms. The van der Waals surface area contributed by atoms with Gasteiger partial charge < -0.3 is 10.6 Å². The van der Waals surface area contributed by atoms with E-state index < -0.39 is 0 Å². The molecular formula is C29H41N5O2. The second-order valence-electron chi connectivity index (χ2n) is 11.5. The highest BCUT2D eigenvalue weighted by atomic mass is 16.2. The molecule has 2 amide bonds. The van der Waals surface area contributed by atoms with Gasteiger partial charge in [-0.25, -0.2) is 9.97 Å². The first-order valence-corrected chi connectivity index (χ1v) is 13.3. The number of piperidine rings is 1. The summed E-state index contributed by atoms with van der Waals surface area (Å²) in [4.78, 5) is 38.5. The second-order valence-corrected chi connectivity index (χ2v) is 11.5. The maximum Gasteiger partial charge on any atom is 0.272 e. The number of carbonyl (C=O) groups is 2. The van der Waals surface area contributed by atoms with Gasteiger partial charge in [-0.2, -0.15) is 0 Å². The molecule has 0 spiro atoms. The van der Waals surface area contributed by atoms with Crippen LogP contribution in [0, 0.1) is 19.8 Å². The summed E-state index contributed by atoms with van der Waals surface area (Å²) in [6.45, 7) is 13.6. The fraction of sp³-hybridized carbons (Fsp3) is 0.586. The average Bonchev–Trinajstić information content (AvgIpc) is 3.34. The summed E-state index contributed by atoms with van der Waals surface area (Å²) in [6.07, 6.45) is 4.33. The highest BCUT2D eigenvalue weighted by molar-refractivity contribution is 5.94. The lowest BCUT2D eigenvalue weighted by Gasteiger charge is -2.36. The van der Waals surface area contributed by atoms with Gasteiger partial charge in [-0.3, -0.25) is 14.5 Å². The number of nitrogens with two attached hydrogens (primary N) is 1. The number of hydrogen-bond donors (Lipinski definition) is 1. The number of rotatable bonds is 6. The Kier molecular flexibility index (Phi) is 7.79. The van der Waals surface area contributed by atoms with Crippen LogP contribution in [-0.2, 0) is 23.1 Å². The molecule has 1 atom stereocenters. The standard InChI is InChI=1S/C29H41N5O2/c1-19-25(11-8-21-6-9-23(10-7-21)29(3,4)5)31-20(2)32-26(19)28(36)33-16-13-24(14-17-33)34-15-12-22(18-34)27(30)35/h6-7,9-10,22,24H,8,11-18H2,1-5H3,(H2,30,35)/t22-/m1/s1. The highest BCUT2D eigenvalue weighted by Crippen LogP contribution is 2.26. The summed E-state index contributed by atoms with van der Waals surface area (Å²) in [5.41, 5.74) is 10.6. The number of primary amides is 1. The van der Waals surface area contributed by atoms with Gasteiger partial charge in [-0.05, 0) is 69.0 Å². The molecule has 7 nitrogen and oxygen atoms in total. The maximum absolute atomic E-state index is 13.5. The number of hydrogen-bond acceptors (Lipinski definition) is 5. The number of benzene rings is 1. The molecule has 3 heterocycles. The molecule has 2 N–H and O–H groups in total. The molecule has 0 unspecified atom stereocenters. The third kappa shape index (κ3) is 5.94. The molecule has 0 radical (unpaired) electrons. The number of aryl methyl sites for hydroxylation is 3. The summed E-state index contributed by atoms with van der Waals surface area (Å²) >= 11 is 0. The SMILES string of the molecule is Cc1nc(CCc2ccc(C(C)(C)C)cc2)c(C)c(C(=O)N2CCC(N3CC[C@@H](C(N)=O)C3)CC2)n1. The molecule has 2 fully saturated rings. The van der Waals surface area contributed by atoms with E-state index in [1.165, 1.54) is 11.1 Å². The van der Waals surface area contributed by atoms with Crippen molar-refractivity contribution in [2.24, 2.45) is 11.7 Å². The van der Waals surface area contributed by atoms with Crippen LogP contribution in [0.4, 0.5) is 0 Å². The van der Waals surface area contributed by atoms with Gasteiger partial charge in [0.15, 0.2) is 0 Å². The zero-order valence-corrected chi connectivity index (χ0v) is 22.5. The smallest absolute Gasteiger partial charge is 0.272 e. The lowest BCUT2D eigenvalue weighted by Crippen LogP contribution is -2.46. The third-order valence-corrected chi connectivity index (χ3v) is 7.92. The topological polar surface area (TPSA) is 92.4 Å². The van der Waals surface area contributed by atoms with Crippen molar-refractivity contribution < 1.29 is 9.59 Å². The van der Waals surface area contributed by atoms with Gasteiger partial charge in [-0.15, -0.1) is 0 Å². The van der Waals surface area contributed by atoms with E-state index in [1.54, 1.807) is 0 Å². The Balaban J connectivity index is 1.38. The summed E-state index contributed by atoms with van der Waals surface area (Å²) in [7, 11) is 0. The quantitative estimate of drug-likeness (QED) is 0.667. The van der Waals surface area contributed by atoms with Crippen molar-refractivity contribution >= 4 is 11.8 Å². The molecule has 4 rings (SSSR count). The van der Waals surface area contributed by atoms with Gasteiger partial charge in [0.25, 0.3) is 5.91 Å². The highest BCUT2D eigenvalue weighted by Gasteiger charge is 2.34. The molecule has 0 aliphatic carbocycles. The predicted molar refractivity (Wildman–Crippen MR) is 142 cm³/mol. The average molecular weight is 492 g/mol. The summed E-state index contributed by atoms with van der Waals surface area (Å²) in [6, 6.07) is 9.23. The van der Waals surface area contributed by atoms with Crippen LogP contribution in [0.3, 0.4) is 0 Å². The van der Waals surface area contributed by atoms with E-state index in [0.717, 1.165) is 56.5 Å². The van der Waals surface area contributed by atoms with Crippen LogP contribution in [-0.4, -0.2) is 63.8 Å². The van der Waals surface area contributed by atoms with E-state index in [2.05, 4.69) is 54.9 Å². The maximum atomic E-state index is 13.5. The summed E-state index contributed by atoms with van der Waals surface area (Å²) < 4.78 is 0. The zero-order chi connectivity index (χ0) is 26.0. The lowest BCUT2D eigenvalue weighted by molar-refractivity contribution is -0.121. The van der Waals surface area contributed by atoms with Crippen LogP contribution in [0.1, 0.15) is 78.7 Å². The van der Waals surface area contributed by atoms with E-state index in [4.69, 9.17) is 10.7 Å². The molecule has 194 valence electrons. The number of aromatic nitrogens is 2. The minimum Gasteiger partial charge on any atom is -0.369 e. The third-order valence-electron chi connectivity index (χ3n) is 7.92. The van der Waals surface area contributed by atoms with Gasteiger partial charge in [0.1, 0.15) is 11.5 Å². The van der Waals surface area contributed by atoms with Crippen molar-refractivity contribution in [1.82, 2.24) is 19.8 Å². The molecule has 7 heteroatoms. The van der Waals surface area contributed by atoms with E-state index >= 15 is 0 Å². The number of nitrogens with zero attached hydrogens (tertiary/aromatic N) is 4.